The monoisotopic (exact) mass is 329 g/mol. The van der Waals surface area contributed by atoms with Gasteiger partial charge in [-0.25, -0.2) is 4.68 Å². The number of amides is 1. The Morgan fingerprint density at radius 3 is 2.91 bits per heavy atom. The minimum atomic E-state index is -0.0784. The van der Waals surface area contributed by atoms with Crippen molar-refractivity contribution in [3.05, 3.63) is 28.9 Å². The zero-order valence-corrected chi connectivity index (χ0v) is 14.1. The fraction of sp³-hybridized carbons (Fsp3) is 0.438. The number of fused-ring (bicyclic) bond motifs is 1. The highest BCUT2D eigenvalue weighted by molar-refractivity contribution is 7.20. The molecule has 0 saturated heterocycles. The van der Waals surface area contributed by atoms with Crippen LogP contribution >= 0.6 is 11.3 Å². The summed E-state index contributed by atoms with van der Waals surface area (Å²) >= 11 is 1.47. The number of hydrogen-bond donors (Lipinski definition) is 1. The van der Waals surface area contributed by atoms with Crippen molar-refractivity contribution >= 4 is 33.3 Å². The molecule has 1 fully saturated rings. The van der Waals surface area contributed by atoms with E-state index in [-0.39, 0.29) is 5.91 Å². The molecule has 3 aromatic heterocycles. The summed E-state index contributed by atoms with van der Waals surface area (Å²) in [6, 6.07) is 4.21. The number of aryl methyl sites for hydroxylation is 2. The molecule has 0 radical (unpaired) electrons. The topological polar surface area (TPSA) is 64.7 Å². The van der Waals surface area contributed by atoms with Crippen molar-refractivity contribution in [3.8, 4) is 0 Å². The van der Waals surface area contributed by atoms with E-state index in [0.717, 1.165) is 34.6 Å². The standard InChI is InChI=1S/C16H19N5OS/c1-10-12-9-13(23-16(12)20(2)19-10)15(22)18-14-7-8-17-21(14)11-5-3-4-6-11/h7-9,11H,3-6H2,1-2H3,(H,18,22). The van der Waals surface area contributed by atoms with E-state index >= 15 is 0 Å². The van der Waals surface area contributed by atoms with Crippen LogP contribution in [0.1, 0.15) is 47.1 Å². The molecule has 0 aliphatic heterocycles. The highest BCUT2D eigenvalue weighted by Crippen LogP contribution is 2.32. The zero-order chi connectivity index (χ0) is 16.0. The number of aromatic nitrogens is 4. The lowest BCUT2D eigenvalue weighted by Crippen LogP contribution is -2.16. The van der Waals surface area contributed by atoms with E-state index < -0.39 is 0 Å². The third-order valence-corrected chi connectivity index (χ3v) is 5.70. The van der Waals surface area contributed by atoms with Gasteiger partial charge >= 0.3 is 0 Å². The summed E-state index contributed by atoms with van der Waals surface area (Å²) in [6.07, 6.45) is 6.50. The van der Waals surface area contributed by atoms with Gasteiger partial charge in [0.05, 0.1) is 22.8 Å². The van der Waals surface area contributed by atoms with Crippen molar-refractivity contribution in [2.75, 3.05) is 5.32 Å². The second-order valence-corrected chi connectivity index (χ2v) is 7.12. The van der Waals surface area contributed by atoms with Crippen LogP contribution in [0.2, 0.25) is 0 Å². The predicted octanol–water partition coefficient (Wildman–Crippen LogP) is 3.51. The number of carbonyl (C=O) groups excluding carboxylic acids is 1. The van der Waals surface area contributed by atoms with Crippen molar-refractivity contribution < 1.29 is 4.79 Å². The summed E-state index contributed by atoms with van der Waals surface area (Å²) in [7, 11) is 1.91. The van der Waals surface area contributed by atoms with Crippen LogP contribution in [0.15, 0.2) is 18.3 Å². The smallest absolute Gasteiger partial charge is 0.266 e. The Hall–Kier alpha value is -2.15. The Morgan fingerprint density at radius 2 is 2.17 bits per heavy atom. The fourth-order valence-corrected chi connectivity index (χ4v) is 4.37. The first-order valence-electron chi connectivity index (χ1n) is 7.91. The molecule has 3 heterocycles. The lowest BCUT2D eigenvalue weighted by molar-refractivity contribution is 0.102. The Bertz CT molecular complexity index is 834. The van der Waals surface area contributed by atoms with Gasteiger partial charge in [0.1, 0.15) is 10.6 Å². The first kappa shape index (κ1) is 14.4. The van der Waals surface area contributed by atoms with Gasteiger partial charge in [-0.2, -0.15) is 10.2 Å². The van der Waals surface area contributed by atoms with E-state index in [2.05, 4.69) is 15.5 Å². The predicted molar refractivity (Wildman–Crippen MR) is 91.0 cm³/mol. The molecule has 0 unspecified atom stereocenters. The van der Waals surface area contributed by atoms with Crippen LogP contribution in [-0.4, -0.2) is 25.5 Å². The van der Waals surface area contributed by atoms with Crippen LogP contribution in [0.3, 0.4) is 0 Å². The third kappa shape index (κ3) is 2.45. The van der Waals surface area contributed by atoms with Gasteiger partial charge in [0.15, 0.2) is 0 Å². The molecule has 6 nitrogen and oxygen atoms in total. The highest BCUT2D eigenvalue weighted by atomic mass is 32.1. The van der Waals surface area contributed by atoms with E-state index in [1.807, 2.05) is 35.5 Å². The molecular weight excluding hydrogens is 310 g/mol. The average Bonchev–Trinajstić information content (AvgIpc) is 3.27. The molecule has 1 aliphatic rings. The van der Waals surface area contributed by atoms with Gasteiger partial charge in [-0.1, -0.05) is 12.8 Å². The van der Waals surface area contributed by atoms with Crippen LogP contribution in [-0.2, 0) is 7.05 Å². The molecule has 0 spiro atoms. The Balaban J connectivity index is 1.59. The lowest BCUT2D eigenvalue weighted by Gasteiger charge is -2.14. The maximum atomic E-state index is 12.6. The van der Waals surface area contributed by atoms with E-state index in [1.165, 1.54) is 24.2 Å². The normalized spacial score (nSPS) is 15.6. The first-order chi connectivity index (χ1) is 11.1. The Labute approximate surface area is 138 Å². The molecule has 23 heavy (non-hydrogen) atoms. The van der Waals surface area contributed by atoms with Gasteiger partial charge < -0.3 is 5.32 Å². The number of anilines is 1. The largest absolute Gasteiger partial charge is 0.306 e. The van der Waals surface area contributed by atoms with Crippen molar-refractivity contribution in [1.29, 1.82) is 0 Å². The van der Waals surface area contributed by atoms with Gasteiger partial charge in [0, 0.05) is 18.5 Å². The van der Waals surface area contributed by atoms with E-state index in [4.69, 9.17) is 0 Å². The fourth-order valence-electron chi connectivity index (χ4n) is 3.35. The van der Waals surface area contributed by atoms with Crippen LogP contribution in [0.4, 0.5) is 5.82 Å². The van der Waals surface area contributed by atoms with Crippen molar-refractivity contribution in [2.24, 2.45) is 7.05 Å². The van der Waals surface area contributed by atoms with Gasteiger partial charge in [-0.15, -0.1) is 11.3 Å². The molecule has 0 aromatic carbocycles. The minimum Gasteiger partial charge on any atom is -0.306 e. The van der Waals surface area contributed by atoms with Crippen LogP contribution in [0.25, 0.3) is 10.2 Å². The molecule has 4 rings (SSSR count). The van der Waals surface area contributed by atoms with E-state index in [0.29, 0.717) is 10.9 Å². The Kier molecular flexibility index (Phi) is 3.45. The number of thiophene rings is 1. The van der Waals surface area contributed by atoms with Crippen molar-refractivity contribution in [1.82, 2.24) is 19.6 Å². The molecule has 7 heteroatoms. The molecule has 0 bridgehead atoms. The number of nitrogens with zero attached hydrogens (tertiary/aromatic N) is 4. The molecule has 1 aliphatic carbocycles. The first-order valence-corrected chi connectivity index (χ1v) is 8.73. The molecule has 0 atom stereocenters. The molecule has 1 amide bonds. The maximum absolute atomic E-state index is 12.6. The lowest BCUT2D eigenvalue weighted by atomic mass is 10.2. The summed E-state index contributed by atoms with van der Waals surface area (Å²) in [5, 5.41) is 12.8. The van der Waals surface area contributed by atoms with Crippen molar-refractivity contribution in [3.63, 3.8) is 0 Å². The zero-order valence-electron chi connectivity index (χ0n) is 13.2. The molecular formula is C16H19N5OS. The summed E-state index contributed by atoms with van der Waals surface area (Å²) in [6.45, 7) is 1.96. The second-order valence-electron chi connectivity index (χ2n) is 6.09. The number of hydrogen-bond acceptors (Lipinski definition) is 4. The maximum Gasteiger partial charge on any atom is 0.266 e. The van der Waals surface area contributed by atoms with E-state index in [9.17, 15) is 4.79 Å². The van der Waals surface area contributed by atoms with Crippen LogP contribution in [0, 0.1) is 6.92 Å². The number of rotatable bonds is 3. The molecule has 3 aromatic rings. The number of carbonyl (C=O) groups is 1. The summed E-state index contributed by atoms with van der Waals surface area (Å²) in [5.74, 6) is 0.708. The number of nitrogens with one attached hydrogen (secondary N) is 1. The summed E-state index contributed by atoms with van der Waals surface area (Å²) in [5.41, 5.74) is 0.953. The van der Waals surface area contributed by atoms with Crippen LogP contribution < -0.4 is 5.32 Å². The van der Waals surface area contributed by atoms with E-state index in [1.54, 1.807) is 6.20 Å². The molecule has 1 N–H and O–H groups in total. The minimum absolute atomic E-state index is 0.0784. The average molecular weight is 329 g/mol. The Morgan fingerprint density at radius 1 is 1.39 bits per heavy atom. The molecule has 1 saturated carbocycles. The van der Waals surface area contributed by atoms with Crippen molar-refractivity contribution in [2.45, 2.75) is 38.6 Å². The summed E-state index contributed by atoms with van der Waals surface area (Å²) < 4.78 is 3.79. The van der Waals surface area contributed by atoms with Crippen LogP contribution in [0.5, 0.6) is 0 Å². The SMILES string of the molecule is Cc1nn(C)c2sc(C(=O)Nc3ccnn3C3CCCC3)cc12. The van der Waals surface area contributed by atoms with Gasteiger partial charge in [-0.3, -0.25) is 9.48 Å². The molecule has 120 valence electrons. The highest BCUT2D eigenvalue weighted by Gasteiger charge is 2.21. The third-order valence-electron chi connectivity index (χ3n) is 4.50. The second kappa shape index (κ2) is 5.49. The van der Waals surface area contributed by atoms with Gasteiger partial charge in [0.25, 0.3) is 5.91 Å². The van der Waals surface area contributed by atoms with Gasteiger partial charge in [0.2, 0.25) is 0 Å². The quantitative estimate of drug-likeness (QED) is 0.800. The van der Waals surface area contributed by atoms with Gasteiger partial charge in [-0.05, 0) is 25.8 Å². The summed E-state index contributed by atoms with van der Waals surface area (Å²) in [4.78, 5) is 14.3.